The average Bonchev–Trinajstić information content (AvgIpc) is 2.69. The van der Waals surface area contributed by atoms with Crippen LogP contribution in [-0.2, 0) is 19.2 Å². The molecule has 0 atom stereocenters. The number of rotatable bonds is 14. The Morgan fingerprint density at radius 1 is 0.536 bits per heavy atom. The molecule has 11 heteroatoms. The molecule has 0 aliphatic heterocycles. The summed E-state index contributed by atoms with van der Waals surface area (Å²) in [5.41, 5.74) is 0. The van der Waals surface area contributed by atoms with Crippen molar-refractivity contribution in [1.29, 1.82) is 0 Å². The zero-order chi connectivity index (χ0) is 21.5. The molecule has 0 radical (unpaired) electrons. The third kappa shape index (κ3) is 12.2. The molecule has 0 heterocycles. The Hall–Kier alpha value is -2.24. The van der Waals surface area contributed by atoms with Gasteiger partial charge in [0.25, 0.3) is 0 Å². The van der Waals surface area contributed by atoms with Crippen LogP contribution < -0.4 is 21.3 Å². The summed E-state index contributed by atoms with van der Waals surface area (Å²) >= 11 is 0. The highest BCUT2D eigenvalue weighted by molar-refractivity contribution is 5.81. The van der Waals surface area contributed by atoms with Crippen molar-refractivity contribution in [3.05, 3.63) is 0 Å². The monoisotopic (exact) mass is 401 g/mol. The minimum absolute atomic E-state index is 0.136. The van der Waals surface area contributed by atoms with Gasteiger partial charge in [-0.2, -0.15) is 0 Å². The van der Waals surface area contributed by atoms with E-state index in [0.29, 0.717) is 26.2 Å². The fraction of sp³-hybridized carbons (Fsp3) is 0.765. The van der Waals surface area contributed by atoms with Crippen LogP contribution in [0.5, 0.6) is 0 Å². The van der Waals surface area contributed by atoms with Crippen LogP contribution in [0.1, 0.15) is 0 Å². The van der Waals surface area contributed by atoms with Crippen LogP contribution in [0.3, 0.4) is 0 Å². The van der Waals surface area contributed by atoms with Gasteiger partial charge < -0.3 is 26.2 Å². The molecule has 0 bridgehead atoms. The molecule has 162 valence electrons. The van der Waals surface area contributed by atoms with Gasteiger partial charge >= 0.3 is 0 Å². The summed E-state index contributed by atoms with van der Waals surface area (Å²) in [6.07, 6.45) is 0. The van der Waals surface area contributed by atoms with Crippen LogP contribution in [-0.4, -0.2) is 126 Å². The van der Waals surface area contributed by atoms with E-state index in [1.165, 1.54) is 0 Å². The Balaban J connectivity index is 4.59. The highest BCUT2D eigenvalue weighted by Gasteiger charge is 2.16. The molecule has 0 aromatic carbocycles. The van der Waals surface area contributed by atoms with Crippen molar-refractivity contribution in [3.8, 4) is 0 Å². The van der Waals surface area contributed by atoms with E-state index < -0.39 is 0 Å². The second-order valence-corrected chi connectivity index (χ2v) is 6.42. The SMILES string of the molecule is CNC(=O)CN(CCN(C)CCN(CC(=O)NC)CC(=O)NC)CC(=O)NC. The van der Waals surface area contributed by atoms with Crippen LogP contribution in [0, 0.1) is 0 Å². The zero-order valence-corrected chi connectivity index (χ0v) is 17.6. The Morgan fingerprint density at radius 2 is 0.786 bits per heavy atom. The second kappa shape index (κ2) is 14.8. The molecular formula is C17H35N7O4. The lowest BCUT2D eigenvalue weighted by molar-refractivity contribution is -0.126. The molecule has 0 unspecified atom stereocenters. The Morgan fingerprint density at radius 3 is 1.00 bits per heavy atom. The highest BCUT2D eigenvalue weighted by atomic mass is 16.2. The van der Waals surface area contributed by atoms with Gasteiger partial charge in [0.05, 0.1) is 26.2 Å². The number of hydrogen-bond donors (Lipinski definition) is 4. The molecule has 11 nitrogen and oxygen atoms in total. The molecule has 0 rings (SSSR count). The van der Waals surface area contributed by atoms with Gasteiger partial charge in [-0.1, -0.05) is 0 Å². The summed E-state index contributed by atoms with van der Waals surface area (Å²) in [6.45, 7) is 2.86. The van der Waals surface area contributed by atoms with Gasteiger partial charge in [-0.3, -0.25) is 29.0 Å². The van der Waals surface area contributed by atoms with Gasteiger partial charge in [-0.25, -0.2) is 0 Å². The first-order valence-electron chi connectivity index (χ1n) is 9.21. The molecule has 0 saturated heterocycles. The quantitative estimate of drug-likeness (QED) is 0.238. The van der Waals surface area contributed by atoms with Crippen molar-refractivity contribution in [1.82, 2.24) is 36.0 Å². The fourth-order valence-corrected chi connectivity index (χ4v) is 2.29. The molecule has 0 aliphatic carbocycles. The summed E-state index contributed by atoms with van der Waals surface area (Å²) in [7, 11) is 8.13. The molecule has 0 spiro atoms. The maximum atomic E-state index is 11.6. The molecule has 0 aliphatic rings. The van der Waals surface area contributed by atoms with E-state index in [1.54, 1.807) is 38.0 Å². The lowest BCUT2D eigenvalue weighted by Crippen LogP contribution is -2.46. The number of carbonyl (C=O) groups is 4. The summed E-state index contributed by atoms with van der Waals surface area (Å²) in [5, 5.41) is 10.2. The van der Waals surface area contributed by atoms with E-state index in [0.717, 1.165) is 0 Å². The normalized spacial score (nSPS) is 10.9. The smallest absolute Gasteiger partial charge is 0.233 e. The number of likely N-dealkylation sites (N-methyl/N-ethyl adjacent to an activating group) is 5. The van der Waals surface area contributed by atoms with Crippen molar-refractivity contribution in [2.45, 2.75) is 0 Å². The highest BCUT2D eigenvalue weighted by Crippen LogP contribution is 1.94. The minimum atomic E-state index is -0.158. The number of amides is 4. The van der Waals surface area contributed by atoms with Gasteiger partial charge in [-0.15, -0.1) is 0 Å². The molecule has 28 heavy (non-hydrogen) atoms. The lowest BCUT2D eigenvalue weighted by atomic mass is 10.3. The Labute approximate surface area is 167 Å². The van der Waals surface area contributed by atoms with Crippen molar-refractivity contribution < 1.29 is 19.2 Å². The van der Waals surface area contributed by atoms with E-state index in [1.807, 2.05) is 11.9 Å². The zero-order valence-electron chi connectivity index (χ0n) is 17.6. The van der Waals surface area contributed by atoms with Crippen LogP contribution in [0.4, 0.5) is 0 Å². The summed E-state index contributed by atoms with van der Waals surface area (Å²) in [6, 6.07) is 0. The van der Waals surface area contributed by atoms with Gasteiger partial charge in [0.2, 0.25) is 23.6 Å². The van der Waals surface area contributed by atoms with Crippen LogP contribution in [0.25, 0.3) is 0 Å². The van der Waals surface area contributed by atoms with Crippen molar-refractivity contribution in [2.24, 2.45) is 0 Å². The standard InChI is InChI=1S/C17H35N7O4/c1-18-14(25)10-23(11-15(26)19-2)8-6-22(5)7-9-24(12-16(27)20-3)13-17(28)21-4/h6-13H2,1-5H3,(H,18,25)(H,19,26)(H,20,27)(H,21,28). The van der Waals surface area contributed by atoms with E-state index in [2.05, 4.69) is 21.3 Å². The first-order chi connectivity index (χ1) is 13.2. The van der Waals surface area contributed by atoms with Crippen molar-refractivity contribution in [3.63, 3.8) is 0 Å². The van der Waals surface area contributed by atoms with Gasteiger partial charge in [-0.05, 0) is 7.05 Å². The molecular weight excluding hydrogens is 366 g/mol. The molecule has 0 aromatic rings. The molecule has 0 saturated carbocycles. The van der Waals surface area contributed by atoms with Crippen molar-refractivity contribution >= 4 is 23.6 Å². The number of hydrogen-bond acceptors (Lipinski definition) is 7. The van der Waals surface area contributed by atoms with Crippen LogP contribution >= 0.6 is 0 Å². The third-order valence-corrected chi connectivity index (χ3v) is 4.18. The van der Waals surface area contributed by atoms with E-state index in [-0.39, 0.29) is 49.8 Å². The predicted molar refractivity (Wildman–Crippen MR) is 107 cm³/mol. The van der Waals surface area contributed by atoms with Gasteiger partial charge in [0.1, 0.15) is 0 Å². The van der Waals surface area contributed by atoms with Gasteiger partial charge in [0.15, 0.2) is 0 Å². The predicted octanol–water partition coefficient (Wildman–Crippen LogP) is -3.49. The largest absolute Gasteiger partial charge is 0.358 e. The van der Waals surface area contributed by atoms with E-state index in [4.69, 9.17) is 0 Å². The van der Waals surface area contributed by atoms with Crippen LogP contribution in [0.15, 0.2) is 0 Å². The molecule has 0 fully saturated rings. The van der Waals surface area contributed by atoms with Gasteiger partial charge in [0, 0.05) is 54.4 Å². The second-order valence-electron chi connectivity index (χ2n) is 6.42. The maximum Gasteiger partial charge on any atom is 0.233 e. The lowest BCUT2D eigenvalue weighted by Gasteiger charge is -2.26. The third-order valence-electron chi connectivity index (χ3n) is 4.18. The topological polar surface area (TPSA) is 126 Å². The maximum absolute atomic E-state index is 11.6. The molecule has 4 amide bonds. The number of carbonyl (C=O) groups excluding carboxylic acids is 4. The fourth-order valence-electron chi connectivity index (χ4n) is 2.29. The summed E-state index contributed by atoms with van der Waals surface area (Å²) in [5.74, 6) is -0.634. The Kier molecular flexibility index (Phi) is 13.6. The van der Waals surface area contributed by atoms with E-state index in [9.17, 15) is 19.2 Å². The molecule has 0 aromatic heterocycles. The minimum Gasteiger partial charge on any atom is -0.358 e. The Bertz CT molecular complexity index is 436. The van der Waals surface area contributed by atoms with Crippen LogP contribution in [0.2, 0.25) is 0 Å². The number of nitrogens with one attached hydrogen (secondary N) is 4. The molecule has 4 N–H and O–H groups in total. The first kappa shape index (κ1) is 25.8. The first-order valence-corrected chi connectivity index (χ1v) is 9.21. The van der Waals surface area contributed by atoms with E-state index >= 15 is 0 Å². The van der Waals surface area contributed by atoms with Crippen molar-refractivity contribution in [2.75, 3.05) is 87.6 Å². The summed E-state index contributed by atoms with van der Waals surface area (Å²) in [4.78, 5) is 52.1. The average molecular weight is 402 g/mol. The number of nitrogens with zero attached hydrogens (tertiary/aromatic N) is 3. The summed E-state index contributed by atoms with van der Waals surface area (Å²) < 4.78 is 0.